The molecule has 2 heterocycles. The van der Waals surface area contributed by atoms with E-state index in [1.807, 2.05) is 0 Å². The highest BCUT2D eigenvalue weighted by atomic mass is 32.2. The van der Waals surface area contributed by atoms with Crippen LogP contribution in [-0.4, -0.2) is 47.1 Å². The number of nitro groups is 1. The van der Waals surface area contributed by atoms with Crippen molar-refractivity contribution in [2.45, 2.75) is 18.8 Å². The van der Waals surface area contributed by atoms with E-state index < -0.39 is 14.9 Å². The monoisotopic (exact) mass is 352 g/mol. The Morgan fingerprint density at radius 3 is 2.42 bits per heavy atom. The molecule has 0 saturated carbocycles. The average molecular weight is 352 g/mol. The Bertz CT molecular complexity index is 838. The predicted octanol–water partition coefficient (Wildman–Crippen LogP) is 1.78. The van der Waals surface area contributed by atoms with Gasteiger partial charge in [-0.25, -0.2) is 12.7 Å². The molecule has 0 spiro atoms. The minimum Gasteiger partial charge on any atom is -0.339 e. The summed E-state index contributed by atoms with van der Waals surface area (Å²) >= 11 is 0. The van der Waals surface area contributed by atoms with E-state index in [-0.39, 0.29) is 11.6 Å². The quantitative estimate of drug-likeness (QED) is 0.607. The largest absolute Gasteiger partial charge is 0.339 e. The van der Waals surface area contributed by atoms with Gasteiger partial charge in [-0.3, -0.25) is 10.1 Å². The first-order valence-corrected chi connectivity index (χ1v) is 9.23. The maximum absolute atomic E-state index is 11.5. The van der Waals surface area contributed by atoms with Crippen molar-refractivity contribution in [3.63, 3.8) is 0 Å². The Balaban J connectivity index is 1.71. The van der Waals surface area contributed by atoms with Crippen molar-refractivity contribution in [2.24, 2.45) is 0 Å². The first-order valence-electron chi connectivity index (χ1n) is 7.38. The van der Waals surface area contributed by atoms with Crippen LogP contribution in [0.1, 0.15) is 24.7 Å². The summed E-state index contributed by atoms with van der Waals surface area (Å²) in [6.45, 7) is 0.859. The number of nitro benzene ring substituents is 1. The van der Waals surface area contributed by atoms with Gasteiger partial charge in [0, 0.05) is 36.7 Å². The van der Waals surface area contributed by atoms with Gasteiger partial charge in [0.05, 0.1) is 11.2 Å². The second-order valence-corrected chi connectivity index (χ2v) is 7.68. The van der Waals surface area contributed by atoms with Gasteiger partial charge in [0.25, 0.3) is 5.69 Å². The molecule has 2 aromatic rings. The Morgan fingerprint density at radius 1 is 1.25 bits per heavy atom. The second kappa shape index (κ2) is 6.29. The lowest BCUT2D eigenvalue weighted by Gasteiger charge is -2.28. The van der Waals surface area contributed by atoms with Crippen LogP contribution >= 0.6 is 0 Å². The molecule has 1 aliphatic rings. The summed E-state index contributed by atoms with van der Waals surface area (Å²) in [5, 5.41) is 14.6. The van der Waals surface area contributed by atoms with Gasteiger partial charge in [-0.2, -0.15) is 4.98 Å². The molecule has 0 radical (unpaired) electrons. The van der Waals surface area contributed by atoms with Crippen LogP contribution in [0.3, 0.4) is 0 Å². The van der Waals surface area contributed by atoms with E-state index >= 15 is 0 Å². The Morgan fingerprint density at radius 2 is 1.88 bits per heavy atom. The van der Waals surface area contributed by atoms with Gasteiger partial charge in [0.15, 0.2) is 0 Å². The van der Waals surface area contributed by atoms with Gasteiger partial charge in [-0.05, 0) is 25.0 Å². The maximum atomic E-state index is 11.5. The fraction of sp³-hybridized carbons (Fsp3) is 0.429. The molecule has 0 N–H and O–H groups in total. The van der Waals surface area contributed by atoms with Crippen molar-refractivity contribution >= 4 is 15.7 Å². The van der Waals surface area contributed by atoms with E-state index in [0.717, 1.165) is 0 Å². The summed E-state index contributed by atoms with van der Waals surface area (Å²) < 4.78 is 29.8. The summed E-state index contributed by atoms with van der Waals surface area (Å²) in [6, 6.07) is 5.91. The zero-order valence-electron chi connectivity index (χ0n) is 13.0. The number of benzene rings is 1. The number of piperidine rings is 1. The van der Waals surface area contributed by atoms with Crippen LogP contribution < -0.4 is 0 Å². The highest BCUT2D eigenvalue weighted by molar-refractivity contribution is 7.88. The van der Waals surface area contributed by atoms with Crippen LogP contribution in [-0.2, 0) is 10.0 Å². The van der Waals surface area contributed by atoms with E-state index in [9.17, 15) is 18.5 Å². The second-order valence-electron chi connectivity index (χ2n) is 5.70. The molecule has 1 aromatic carbocycles. The topological polar surface area (TPSA) is 119 Å². The third-order valence-corrected chi connectivity index (χ3v) is 5.35. The predicted molar refractivity (Wildman–Crippen MR) is 84.8 cm³/mol. The number of aromatic nitrogens is 2. The Hall–Kier alpha value is -2.33. The zero-order valence-corrected chi connectivity index (χ0v) is 13.8. The minimum absolute atomic E-state index is 0.00406. The molecule has 1 fully saturated rings. The summed E-state index contributed by atoms with van der Waals surface area (Å²) in [5.41, 5.74) is 0.625. The van der Waals surface area contributed by atoms with Crippen LogP contribution in [0, 0.1) is 10.1 Å². The van der Waals surface area contributed by atoms with E-state index in [1.165, 1.54) is 22.7 Å². The number of sulfonamides is 1. The number of hydrogen-bond donors (Lipinski definition) is 0. The number of non-ortho nitro benzene ring substituents is 1. The lowest BCUT2D eigenvalue weighted by atomic mass is 9.98. The lowest BCUT2D eigenvalue weighted by molar-refractivity contribution is -0.384. The fourth-order valence-electron chi connectivity index (χ4n) is 2.68. The third kappa shape index (κ3) is 3.44. The van der Waals surface area contributed by atoms with E-state index in [4.69, 9.17) is 4.52 Å². The van der Waals surface area contributed by atoms with Crippen molar-refractivity contribution in [1.29, 1.82) is 0 Å². The lowest BCUT2D eigenvalue weighted by Crippen LogP contribution is -2.37. The summed E-state index contributed by atoms with van der Waals surface area (Å²) in [5.74, 6) is 0.851. The molecule has 10 heteroatoms. The highest BCUT2D eigenvalue weighted by Gasteiger charge is 2.29. The molecule has 0 amide bonds. The summed E-state index contributed by atoms with van der Waals surface area (Å²) in [6.07, 6.45) is 2.44. The fourth-order valence-corrected chi connectivity index (χ4v) is 3.56. The third-order valence-electron chi connectivity index (χ3n) is 4.05. The van der Waals surface area contributed by atoms with E-state index in [0.29, 0.717) is 43.2 Å². The van der Waals surface area contributed by atoms with Crippen LogP contribution in [0.5, 0.6) is 0 Å². The summed E-state index contributed by atoms with van der Waals surface area (Å²) in [4.78, 5) is 14.5. The molecule has 1 aliphatic heterocycles. The highest BCUT2D eigenvalue weighted by Crippen LogP contribution is 2.29. The number of hydrogen-bond acceptors (Lipinski definition) is 7. The average Bonchev–Trinajstić information content (AvgIpc) is 3.04. The van der Waals surface area contributed by atoms with Crippen LogP contribution in [0.15, 0.2) is 28.8 Å². The summed E-state index contributed by atoms with van der Waals surface area (Å²) in [7, 11) is -3.17. The standard InChI is InChI=1S/C14H16N4O5S/c1-24(21,22)17-8-6-11(7-9-17)14-15-13(16-23-14)10-2-4-12(5-3-10)18(19)20/h2-5,11H,6-9H2,1H3. The molecule has 3 rings (SSSR count). The Labute approximate surface area is 138 Å². The van der Waals surface area contributed by atoms with Gasteiger partial charge in [-0.1, -0.05) is 5.16 Å². The normalized spacial score (nSPS) is 17.0. The van der Waals surface area contributed by atoms with Gasteiger partial charge in [-0.15, -0.1) is 0 Å². The molecule has 0 unspecified atom stereocenters. The first kappa shape index (κ1) is 16.5. The van der Waals surface area contributed by atoms with Crippen molar-refractivity contribution < 1.29 is 17.9 Å². The molecular formula is C14H16N4O5S. The molecule has 128 valence electrons. The van der Waals surface area contributed by atoms with Crippen molar-refractivity contribution in [3.8, 4) is 11.4 Å². The molecular weight excluding hydrogens is 336 g/mol. The van der Waals surface area contributed by atoms with Crippen LogP contribution in [0.25, 0.3) is 11.4 Å². The van der Waals surface area contributed by atoms with Gasteiger partial charge in [0.2, 0.25) is 21.7 Å². The Kier molecular flexibility index (Phi) is 4.33. The van der Waals surface area contributed by atoms with Crippen molar-refractivity contribution in [3.05, 3.63) is 40.3 Å². The SMILES string of the molecule is CS(=O)(=O)N1CCC(c2nc(-c3ccc([N+](=O)[O-])cc3)no2)CC1. The number of nitrogens with zero attached hydrogens (tertiary/aromatic N) is 4. The van der Waals surface area contributed by atoms with Crippen LogP contribution in [0.4, 0.5) is 5.69 Å². The molecule has 1 saturated heterocycles. The van der Waals surface area contributed by atoms with E-state index in [2.05, 4.69) is 10.1 Å². The van der Waals surface area contributed by atoms with Gasteiger partial charge < -0.3 is 4.52 Å². The first-order chi connectivity index (χ1) is 11.3. The minimum atomic E-state index is -3.17. The van der Waals surface area contributed by atoms with Gasteiger partial charge >= 0.3 is 0 Å². The smallest absolute Gasteiger partial charge is 0.269 e. The van der Waals surface area contributed by atoms with Crippen molar-refractivity contribution in [1.82, 2.24) is 14.4 Å². The molecule has 0 atom stereocenters. The molecule has 1 aromatic heterocycles. The molecule has 0 bridgehead atoms. The zero-order chi connectivity index (χ0) is 17.3. The molecule has 24 heavy (non-hydrogen) atoms. The van der Waals surface area contributed by atoms with Gasteiger partial charge in [0.1, 0.15) is 0 Å². The molecule has 0 aliphatic carbocycles. The number of rotatable bonds is 4. The van der Waals surface area contributed by atoms with E-state index in [1.54, 1.807) is 12.1 Å². The van der Waals surface area contributed by atoms with Crippen molar-refractivity contribution in [2.75, 3.05) is 19.3 Å². The van der Waals surface area contributed by atoms with Crippen LogP contribution in [0.2, 0.25) is 0 Å². The molecule has 9 nitrogen and oxygen atoms in total. The maximum Gasteiger partial charge on any atom is 0.269 e.